The number of anilines is 1. The van der Waals surface area contributed by atoms with Gasteiger partial charge in [-0.1, -0.05) is 0 Å². The summed E-state index contributed by atoms with van der Waals surface area (Å²) in [5.41, 5.74) is -3.42. The van der Waals surface area contributed by atoms with E-state index in [1.165, 1.54) is 9.80 Å². The summed E-state index contributed by atoms with van der Waals surface area (Å²) in [4.78, 5) is 41.9. The summed E-state index contributed by atoms with van der Waals surface area (Å²) in [5.74, 6) is -1.30. The van der Waals surface area contributed by atoms with Crippen molar-refractivity contribution in [2.75, 3.05) is 38.3 Å². The quantitative estimate of drug-likeness (QED) is 0.497. The van der Waals surface area contributed by atoms with Crippen molar-refractivity contribution in [2.24, 2.45) is 0 Å². The van der Waals surface area contributed by atoms with Crippen LogP contribution in [0.5, 0.6) is 5.75 Å². The molecule has 1 aromatic carbocycles. The first-order chi connectivity index (χ1) is 18.2. The van der Waals surface area contributed by atoms with Crippen LogP contribution < -0.4 is 15.0 Å². The summed E-state index contributed by atoms with van der Waals surface area (Å²) in [5, 5.41) is 2.67. The highest BCUT2D eigenvalue weighted by Crippen LogP contribution is 2.51. The van der Waals surface area contributed by atoms with E-state index in [2.05, 4.69) is 5.32 Å². The number of benzene rings is 1. The molecule has 0 aromatic heterocycles. The van der Waals surface area contributed by atoms with Crippen molar-refractivity contribution < 1.29 is 41.8 Å². The van der Waals surface area contributed by atoms with Crippen molar-refractivity contribution in [1.29, 1.82) is 0 Å². The Kier molecular flexibility index (Phi) is 8.07. The number of nitrogens with one attached hydrogen (secondary N) is 1. The fourth-order valence-electron chi connectivity index (χ4n) is 4.91. The Morgan fingerprint density at radius 1 is 1.18 bits per heavy atom. The molecular weight excluding hydrogens is 519 g/mol. The third-order valence-electron chi connectivity index (χ3n) is 6.97. The van der Waals surface area contributed by atoms with Crippen LogP contribution in [0, 0.1) is 0 Å². The van der Waals surface area contributed by atoms with Gasteiger partial charge in [0, 0.05) is 52.2 Å². The van der Waals surface area contributed by atoms with Gasteiger partial charge in [-0.25, -0.2) is 4.79 Å². The van der Waals surface area contributed by atoms with Gasteiger partial charge in [-0.2, -0.15) is 13.2 Å². The zero-order chi connectivity index (χ0) is 28.6. The molecule has 1 aromatic rings. The van der Waals surface area contributed by atoms with E-state index >= 15 is 0 Å². The molecule has 1 N–H and O–H groups in total. The SMILES string of the molecule is COCCCCN1C(=O)C2(CC2)Oc2cc(C(F)(F)F)c(C(=O)N[C@@H]3CCCN(C(=O)OC(C)(C)C)C3)cc21. The van der Waals surface area contributed by atoms with Gasteiger partial charge < -0.3 is 29.3 Å². The average molecular weight is 556 g/mol. The summed E-state index contributed by atoms with van der Waals surface area (Å²) in [6, 6.07) is 1.37. The van der Waals surface area contributed by atoms with Crippen molar-refractivity contribution in [2.45, 2.75) is 82.7 Å². The first kappa shape index (κ1) is 29.0. The number of methoxy groups -OCH3 is 1. The third-order valence-corrected chi connectivity index (χ3v) is 6.97. The highest BCUT2D eigenvalue weighted by molar-refractivity contribution is 6.06. The van der Waals surface area contributed by atoms with Gasteiger partial charge in [-0.15, -0.1) is 0 Å². The van der Waals surface area contributed by atoms with Gasteiger partial charge in [0.25, 0.3) is 11.8 Å². The monoisotopic (exact) mass is 555 g/mol. The fraction of sp³-hybridized carbons (Fsp3) is 0.667. The molecule has 39 heavy (non-hydrogen) atoms. The number of nitrogens with zero attached hydrogens (tertiary/aromatic N) is 2. The molecule has 3 aliphatic rings. The predicted molar refractivity (Wildman–Crippen MR) is 136 cm³/mol. The van der Waals surface area contributed by atoms with Crippen LogP contribution in [0.4, 0.5) is 23.7 Å². The number of fused-ring (bicyclic) bond motifs is 1. The second-order valence-electron chi connectivity index (χ2n) is 11.4. The van der Waals surface area contributed by atoms with Crippen LogP contribution in [0.15, 0.2) is 12.1 Å². The van der Waals surface area contributed by atoms with Gasteiger partial charge in [-0.05, 0) is 58.6 Å². The number of ether oxygens (including phenoxy) is 3. The smallest absolute Gasteiger partial charge is 0.417 e. The Morgan fingerprint density at radius 2 is 1.90 bits per heavy atom. The highest BCUT2D eigenvalue weighted by atomic mass is 19.4. The lowest BCUT2D eigenvalue weighted by Gasteiger charge is -2.36. The molecule has 9 nitrogen and oxygen atoms in total. The number of alkyl halides is 3. The standard InChI is InChI=1S/C27H36F3N3O6/c1-25(2,3)39-24(36)32-11-7-8-17(16-32)31-22(34)18-14-20-21(15-19(18)27(28,29)30)38-26(9-10-26)23(35)33(20)12-5-6-13-37-4/h14-15,17H,5-13,16H2,1-4H3,(H,31,34)/t17-/m1/s1. The normalized spacial score (nSPS) is 20.4. The maximum atomic E-state index is 14.2. The van der Waals surface area contributed by atoms with Crippen LogP contribution in [0.25, 0.3) is 0 Å². The number of carbonyl (C=O) groups is 3. The molecule has 1 aliphatic carbocycles. The first-order valence-electron chi connectivity index (χ1n) is 13.3. The van der Waals surface area contributed by atoms with Crippen molar-refractivity contribution in [3.8, 4) is 5.75 Å². The van der Waals surface area contributed by atoms with E-state index in [0.717, 1.165) is 12.1 Å². The van der Waals surface area contributed by atoms with Gasteiger partial charge >= 0.3 is 12.3 Å². The molecule has 2 aliphatic heterocycles. The maximum Gasteiger partial charge on any atom is 0.417 e. The minimum atomic E-state index is -4.83. The number of likely N-dealkylation sites (tertiary alicyclic amines) is 1. The molecule has 2 fully saturated rings. The van der Waals surface area contributed by atoms with Crippen LogP contribution in [-0.2, 0) is 20.4 Å². The van der Waals surface area contributed by atoms with Crippen LogP contribution in [0.2, 0.25) is 0 Å². The van der Waals surface area contributed by atoms with Crippen LogP contribution in [0.3, 0.4) is 0 Å². The van der Waals surface area contributed by atoms with Crippen molar-refractivity contribution in [3.63, 3.8) is 0 Å². The van der Waals surface area contributed by atoms with Crippen molar-refractivity contribution in [1.82, 2.24) is 10.2 Å². The first-order valence-corrected chi connectivity index (χ1v) is 13.3. The number of amides is 3. The molecule has 0 unspecified atom stereocenters. The Hall–Kier alpha value is -3.02. The van der Waals surface area contributed by atoms with Gasteiger partial charge in [0.15, 0.2) is 5.60 Å². The Morgan fingerprint density at radius 3 is 2.51 bits per heavy atom. The van der Waals surface area contributed by atoms with E-state index in [1.54, 1.807) is 27.9 Å². The van der Waals surface area contributed by atoms with Crippen LogP contribution in [0.1, 0.15) is 75.2 Å². The summed E-state index contributed by atoms with van der Waals surface area (Å²) in [6.07, 6.45) is -2.24. The second kappa shape index (κ2) is 10.9. The van der Waals surface area contributed by atoms with E-state index in [1.807, 2.05) is 0 Å². The molecule has 1 atom stereocenters. The zero-order valence-corrected chi connectivity index (χ0v) is 22.8. The summed E-state index contributed by atoms with van der Waals surface area (Å²) in [6.45, 7) is 6.50. The van der Waals surface area contributed by atoms with Crippen molar-refractivity contribution >= 4 is 23.6 Å². The summed E-state index contributed by atoms with van der Waals surface area (Å²) in [7, 11) is 1.57. The average Bonchev–Trinajstić information content (AvgIpc) is 3.62. The minimum Gasteiger partial charge on any atom is -0.475 e. The summed E-state index contributed by atoms with van der Waals surface area (Å²) < 4.78 is 58.7. The maximum absolute atomic E-state index is 14.2. The lowest BCUT2D eigenvalue weighted by atomic mass is 10.00. The van der Waals surface area contributed by atoms with Gasteiger partial charge in [0.2, 0.25) is 0 Å². The topological polar surface area (TPSA) is 97.4 Å². The number of carbonyl (C=O) groups excluding carboxylic acids is 3. The molecule has 0 radical (unpaired) electrons. The Balaban J connectivity index is 1.59. The predicted octanol–water partition coefficient (Wildman–Crippen LogP) is 4.52. The number of halogens is 3. The molecule has 1 spiro atoms. The van der Waals surface area contributed by atoms with Gasteiger partial charge in [-0.3, -0.25) is 9.59 Å². The number of rotatable bonds is 7. The summed E-state index contributed by atoms with van der Waals surface area (Å²) >= 11 is 0. The van der Waals surface area contributed by atoms with E-state index in [9.17, 15) is 27.6 Å². The minimum absolute atomic E-state index is 0.0588. The van der Waals surface area contributed by atoms with Crippen LogP contribution in [-0.4, -0.2) is 73.4 Å². The van der Waals surface area contributed by atoms with E-state index in [-0.39, 0.29) is 30.4 Å². The molecule has 1 saturated carbocycles. The second-order valence-corrected chi connectivity index (χ2v) is 11.4. The van der Waals surface area contributed by atoms with E-state index in [0.29, 0.717) is 51.7 Å². The third kappa shape index (κ3) is 6.59. The molecule has 12 heteroatoms. The molecule has 1 saturated heterocycles. The Labute approximate surface area is 225 Å². The van der Waals surface area contributed by atoms with E-state index < -0.39 is 46.5 Å². The van der Waals surface area contributed by atoms with Gasteiger partial charge in [0.1, 0.15) is 11.4 Å². The fourth-order valence-corrected chi connectivity index (χ4v) is 4.91. The molecule has 216 valence electrons. The molecule has 4 rings (SSSR count). The van der Waals surface area contributed by atoms with Crippen LogP contribution >= 0.6 is 0 Å². The lowest BCUT2D eigenvalue weighted by Crippen LogP contribution is -2.51. The molecule has 3 amide bonds. The largest absolute Gasteiger partial charge is 0.475 e. The molecular formula is C27H36F3N3O6. The molecule has 0 bridgehead atoms. The number of hydrogen-bond donors (Lipinski definition) is 1. The zero-order valence-electron chi connectivity index (χ0n) is 22.8. The highest BCUT2D eigenvalue weighted by Gasteiger charge is 2.58. The number of piperidine rings is 1. The number of unbranched alkanes of at least 4 members (excludes halogenated alkanes) is 1. The number of hydrogen-bond acceptors (Lipinski definition) is 6. The van der Waals surface area contributed by atoms with Crippen molar-refractivity contribution in [3.05, 3.63) is 23.3 Å². The molecule has 2 heterocycles. The van der Waals surface area contributed by atoms with Gasteiger partial charge in [0.05, 0.1) is 16.8 Å². The van der Waals surface area contributed by atoms with E-state index in [4.69, 9.17) is 14.2 Å². The Bertz CT molecular complexity index is 1110. The lowest BCUT2D eigenvalue weighted by molar-refractivity contribution is -0.138.